The molecule has 0 atom stereocenters. The zero-order valence-electron chi connectivity index (χ0n) is 10.2. The molecule has 1 fully saturated rings. The monoisotopic (exact) mass is 223 g/mol. The maximum absolute atomic E-state index is 6.02. The molecule has 1 aromatic rings. The van der Waals surface area contributed by atoms with E-state index in [0.717, 1.165) is 50.6 Å². The van der Waals surface area contributed by atoms with Crippen LogP contribution >= 0.6 is 0 Å². The van der Waals surface area contributed by atoms with E-state index in [4.69, 9.17) is 5.73 Å². The van der Waals surface area contributed by atoms with Gasteiger partial charge in [-0.25, -0.2) is 0 Å². The third-order valence-electron chi connectivity index (χ3n) is 3.25. The normalized spacial score (nSPS) is 19.1. The van der Waals surface area contributed by atoms with Crippen molar-refractivity contribution in [3.63, 3.8) is 0 Å². The van der Waals surface area contributed by atoms with Crippen LogP contribution in [0.3, 0.4) is 0 Å². The first kappa shape index (κ1) is 11.4. The third kappa shape index (κ3) is 2.36. The quantitative estimate of drug-likeness (QED) is 0.797. The zero-order chi connectivity index (χ0) is 11.5. The van der Waals surface area contributed by atoms with Gasteiger partial charge in [-0.2, -0.15) is 5.10 Å². The molecule has 2 heterocycles. The minimum absolute atomic E-state index is 0.821. The van der Waals surface area contributed by atoms with Crippen LogP contribution in [-0.4, -0.2) is 52.8 Å². The van der Waals surface area contributed by atoms with Crippen molar-refractivity contribution in [2.24, 2.45) is 0 Å². The van der Waals surface area contributed by atoms with Crippen molar-refractivity contribution in [2.45, 2.75) is 20.0 Å². The summed E-state index contributed by atoms with van der Waals surface area (Å²) < 4.78 is 1.85. The van der Waals surface area contributed by atoms with Gasteiger partial charge in [0.2, 0.25) is 0 Å². The fourth-order valence-corrected chi connectivity index (χ4v) is 2.05. The zero-order valence-corrected chi connectivity index (χ0v) is 10.2. The molecule has 2 rings (SSSR count). The molecule has 0 aromatic carbocycles. The van der Waals surface area contributed by atoms with Gasteiger partial charge in [0.05, 0.1) is 6.20 Å². The van der Waals surface area contributed by atoms with Gasteiger partial charge in [-0.1, -0.05) is 0 Å². The average molecular weight is 223 g/mol. The van der Waals surface area contributed by atoms with E-state index in [0.29, 0.717) is 0 Å². The predicted molar refractivity (Wildman–Crippen MR) is 65.1 cm³/mol. The number of piperazine rings is 1. The van der Waals surface area contributed by atoms with Gasteiger partial charge in [0, 0.05) is 44.8 Å². The van der Waals surface area contributed by atoms with Gasteiger partial charge in [-0.3, -0.25) is 9.58 Å². The maximum Gasteiger partial charge on any atom is 0.126 e. The van der Waals surface area contributed by atoms with E-state index in [1.165, 1.54) is 0 Å². The Morgan fingerprint density at radius 2 is 2.00 bits per heavy atom. The van der Waals surface area contributed by atoms with Crippen molar-refractivity contribution >= 4 is 5.82 Å². The second-order valence-electron chi connectivity index (χ2n) is 4.45. The Balaban J connectivity index is 1.96. The van der Waals surface area contributed by atoms with Crippen LogP contribution in [0, 0.1) is 0 Å². The summed E-state index contributed by atoms with van der Waals surface area (Å²) in [6.07, 6.45) is 1.90. The summed E-state index contributed by atoms with van der Waals surface area (Å²) in [6, 6.07) is 0. The van der Waals surface area contributed by atoms with Crippen LogP contribution < -0.4 is 5.73 Å². The third-order valence-corrected chi connectivity index (χ3v) is 3.25. The molecular weight excluding hydrogens is 202 g/mol. The van der Waals surface area contributed by atoms with Crippen LogP contribution in [0.1, 0.15) is 12.5 Å². The van der Waals surface area contributed by atoms with Crippen molar-refractivity contribution in [3.8, 4) is 0 Å². The van der Waals surface area contributed by atoms with E-state index >= 15 is 0 Å². The fourth-order valence-electron chi connectivity index (χ4n) is 2.05. The van der Waals surface area contributed by atoms with Crippen molar-refractivity contribution in [3.05, 3.63) is 11.8 Å². The SMILES string of the molecule is CCn1ncc(CN2CCN(C)CC2)c1N. The van der Waals surface area contributed by atoms with Crippen molar-refractivity contribution < 1.29 is 0 Å². The van der Waals surface area contributed by atoms with Gasteiger partial charge < -0.3 is 10.6 Å². The first-order valence-electron chi connectivity index (χ1n) is 5.91. The van der Waals surface area contributed by atoms with Crippen LogP contribution in [0.25, 0.3) is 0 Å². The number of rotatable bonds is 3. The topological polar surface area (TPSA) is 50.3 Å². The smallest absolute Gasteiger partial charge is 0.126 e. The summed E-state index contributed by atoms with van der Waals surface area (Å²) in [5.74, 6) is 0.821. The number of aryl methyl sites for hydroxylation is 1. The van der Waals surface area contributed by atoms with Crippen LogP contribution in [0.15, 0.2) is 6.20 Å². The standard InChI is InChI=1S/C11H21N5/c1-3-16-11(12)10(8-13-16)9-15-6-4-14(2)5-7-15/h8H,3-7,9,12H2,1-2H3. The van der Waals surface area contributed by atoms with E-state index in [-0.39, 0.29) is 0 Å². The highest BCUT2D eigenvalue weighted by Crippen LogP contribution is 2.14. The number of likely N-dealkylation sites (N-methyl/N-ethyl adjacent to an activating group) is 1. The Morgan fingerprint density at radius 3 is 2.56 bits per heavy atom. The molecule has 0 bridgehead atoms. The highest BCUT2D eigenvalue weighted by Gasteiger charge is 2.16. The molecule has 1 aliphatic rings. The van der Waals surface area contributed by atoms with Gasteiger partial charge in [0.1, 0.15) is 5.82 Å². The molecular formula is C11H21N5. The molecule has 0 aliphatic carbocycles. The van der Waals surface area contributed by atoms with Crippen LogP contribution in [0.4, 0.5) is 5.82 Å². The largest absolute Gasteiger partial charge is 0.384 e. The van der Waals surface area contributed by atoms with Crippen molar-refractivity contribution in [1.82, 2.24) is 19.6 Å². The lowest BCUT2D eigenvalue weighted by Crippen LogP contribution is -2.43. The Morgan fingerprint density at radius 1 is 1.31 bits per heavy atom. The second kappa shape index (κ2) is 4.84. The molecule has 0 radical (unpaired) electrons. The lowest BCUT2D eigenvalue weighted by molar-refractivity contribution is 0.148. The van der Waals surface area contributed by atoms with Gasteiger partial charge in [0.15, 0.2) is 0 Å². The minimum Gasteiger partial charge on any atom is -0.384 e. The number of nitrogens with zero attached hydrogens (tertiary/aromatic N) is 4. The Labute approximate surface area is 96.8 Å². The highest BCUT2D eigenvalue weighted by molar-refractivity contribution is 5.38. The molecule has 1 aromatic heterocycles. The van der Waals surface area contributed by atoms with Gasteiger partial charge in [0.25, 0.3) is 0 Å². The summed E-state index contributed by atoms with van der Waals surface area (Å²) in [5, 5.41) is 4.27. The van der Waals surface area contributed by atoms with Crippen LogP contribution in [-0.2, 0) is 13.1 Å². The number of nitrogen functional groups attached to an aromatic ring is 1. The molecule has 0 saturated carbocycles. The Bertz CT molecular complexity index is 338. The summed E-state index contributed by atoms with van der Waals surface area (Å²) >= 11 is 0. The van der Waals surface area contributed by atoms with Crippen molar-refractivity contribution in [2.75, 3.05) is 39.0 Å². The Hall–Kier alpha value is -1.07. The van der Waals surface area contributed by atoms with E-state index in [2.05, 4.69) is 28.9 Å². The molecule has 16 heavy (non-hydrogen) atoms. The Kier molecular flexibility index (Phi) is 3.46. The van der Waals surface area contributed by atoms with Gasteiger partial charge in [-0.05, 0) is 14.0 Å². The molecule has 90 valence electrons. The van der Waals surface area contributed by atoms with Gasteiger partial charge in [-0.15, -0.1) is 0 Å². The van der Waals surface area contributed by atoms with E-state index in [9.17, 15) is 0 Å². The molecule has 2 N–H and O–H groups in total. The number of hydrogen-bond donors (Lipinski definition) is 1. The van der Waals surface area contributed by atoms with Crippen LogP contribution in [0.5, 0.6) is 0 Å². The minimum atomic E-state index is 0.821. The summed E-state index contributed by atoms with van der Waals surface area (Å²) in [6.45, 7) is 8.35. The summed E-state index contributed by atoms with van der Waals surface area (Å²) in [7, 11) is 2.17. The second-order valence-corrected chi connectivity index (χ2v) is 4.45. The van der Waals surface area contributed by atoms with Gasteiger partial charge >= 0.3 is 0 Å². The molecule has 5 nitrogen and oxygen atoms in total. The van der Waals surface area contributed by atoms with Crippen LogP contribution in [0.2, 0.25) is 0 Å². The molecule has 5 heteroatoms. The molecule has 1 aliphatic heterocycles. The maximum atomic E-state index is 6.02. The first-order valence-corrected chi connectivity index (χ1v) is 5.91. The number of nitrogens with two attached hydrogens (primary N) is 1. The number of aromatic nitrogens is 2. The number of hydrogen-bond acceptors (Lipinski definition) is 4. The predicted octanol–water partition coefficient (Wildman–Crippen LogP) is 0.233. The molecule has 0 unspecified atom stereocenters. The van der Waals surface area contributed by atoms with Crippen molar-refractivity contribution in [1.29, 1.82) is 0 Å². The average Bonchev–Trinajstić information content (AvgIpc) is 2.63. The fraction of sp³-hybridized carbons (Fsp3) is 0.727. The summed E-state index contributed by atoms with van der Waals surface area (Å²) in [5.41, 5.74) is 7.18. The highest BCUT2D eigenvalue weighted by atomic mass is 15.3. The van der Waals surface area contributed by atoms with E-state index in [1.807, 2.05) is 10.9 Å². The van der Waals surface area contributed by atoms with E-state index in [1.54, 1.807) is 0 Å². The van der Waals surface area contributed by atoms with E-state index < -0.39 is 0 Å². The lowest BCUT2D eigenvalue weighted by atomic mass is 10.2. The number of anilines is 1. The lowest BCUT2D eigenvalue weighted by Gasteiger charge is -2.32. The summed E-state index contributed by atoms with van der Waals surface area (Å²) in [4.78, 5) is 4.79. The first-order chi connectivity index (χ1) is 7.70. The molecule has 0 spiro atoms. The molecule has 1 saturated heterocycles. The molecule has 0 amide bonds.